The van der Waals surface area contributed by atoms with Crippen molar-refractivity contribution in [3.05, 3.63) is 35.2 Å². The maximum absolute atomic E-state index is 11.9. The molecule has 1 aromatic carbocycles. The highest BCUT2D eigenvalue weighted by molar-refractivity contribution is 6.30. The van der Waals surface area contributed by atoms with Gasteiger partial charge in [0.1, 0.15) is 0 Å². The Bertz CT molecular complexity index is 702. The van der Waals surface area contributed by atoms with Gasteiger partial charge >= 0.3 is 0 Å². The molecule has 148 valence electrons. The molecule has 0 aliphatic carbocycles. The second-order valence-corrected chi connectivity index (χ2v) is 6.75. The van der Waals surface area contributed by atoms with Crippen molar-refractivity contribution in [3.8, 4) is 11.4 Å². The fourth-order valence-corrected chi connectivity index (χ4v) is 2.97. The Labute approximate surface area is 170 Å². The predicted octanol–water partition coefficient (Wildman–Crippen LogP) is 2.16. The Kier molecular flexibility index (Phi) is 9.00. The first-order valence-corrected chi connectivity index (χ1v) is 9.37. The minimum absolute atomic E-state index is 0. The molecule has 1 aliphatic heterocycles. The molecule has 0 atom stereocenters. The number of rotatable bonds is 8. The van der Waals surface area contributed by atoms with Crippen molar-refractivity contribution in [2.75, 3.05) is 39.3 Å². The lowest BCUT2D eigenvalue weighted by Crippen LogP contribution is -2.44. The van der Waals surface area contributed by atoms with Crippen LogP contribution < -0.4 is 10.6 Å². The summed E-state index contributed by atoms with van der Waals surface area (Å²) in [4.78, 5) is 18.7. The van der Waals surface area contributed by atoms with Gasteiger partial charge in [0.25, 0.3) is 0 Å². The SMILES string of the molecule is Cl.O=C(CCc1nc(-c2ccc(Cl)cc2)no1)NCCCN1CCNCC1. The number of halogens is 2. The summed E-state index contributed by atoms with van der Waals surface area (Å²) in [6.45, 7) is 5.99. The molecular weight excluding hydrogens is 389 g/mol. The Morgan fingerprint density at radius 1 is 1.26 bits per heavy atom. The molecule has 2 N–H and O–H groups in total. The van der Waals surface area contributed by atoms with Gasteiger partial charge in [-0.15, -0.1) is 12.4 Å². The minimum Gasteiger partial charge on any atom is -0.356 e. The number of carbonyl (C=O) groups is 1. The molecule has 0 bridgehead atoms. The van der Waals surface area contributed by atoms with Crippen LogP contribution in [0.1, 0.15) is 18.7 Å². The van der Waals surface area contributed by atoms with Crippen molar-refractivity contribution in [2.45, 2.75) is 19.3 Å². The van der Waals surface area contributed by atoms with Crippen LogP contribution in [0.5, 0.6) is 0 Å². The van der Waals surface area contributed by atoms with Gasteiger partial charge in [0.2, 0.25) is 17.6 Å². The van der Waals surface area contributed by atoms with Crippen LogP contribution in [-0.2, 0) is 11.2 Å². The molecule has 1 aromatic heterocycles. The number of benzene rings is 1. The molecule has 0 spiro atoms. The van der Waals surface area contributed by atoms with E-state index >= 15 is 0 Å². The minimum atomic E-state index is 0. The average molecular weight is 414 g/mol. The molecule has 2 aromatic rings. The zero-order valence-corrected chi connectivity index (χ0v) is 16.7. The largest absolute Gasteiger partial charge is 0.356 e. The lowest BCUT2D eigenvalue weighted by molar-refractivity contribution is -0.121. The van der Waals surface area contributed by atoms with Crippen molar-refractivity contribution < 1.29 is 9.32 Å². The highest BCUT2D eigenvalue weighted by atomic mass is 35.5. The van der Waals surface area contributed by atoms with E-state index in [0.717, 1.165) is 44.7 Å². The molecule has 0 radical (unpaired) electrons. The molecule has 3 rings (SSSR count). The lowest BCUT2D eigenvalue weighted by Gasteiger charge is -2.27. The second kappa shape index (κ2) is 11.2. The molecule has 2 heterocycles. The topological polar surface area (TPSA) is 83.3 Å². The maximum atomic E-state index is 11.9. The molecule has 1 fully saturated rings. The monoisotopic (exact) mass is 413 g/mol. The van der Waals surface area contributed by atoms with E-state index in [2.05, 4.69) is 25.7 Å². The van der Waals surface area contributed by atoms with Gasteiger partial charge in [-0.25, -0.2) is 0 Å². The second-order valence-electron chi connectivity index (χ2n) is 6.31. The van der Waals surface area contributed by atoms with Crippen molar-refractivity contribution in [1.82, 2.24) is 25.7 Å². The van der Waals surface area contributed by atoms with Crippen molar-refractivity contribution >= 4 is 29.9 Å². The Hall–Kier alpha value is -1.67. The summed E-state index contributed by atoms with van der Waals surface area (Å²) in [5.74, 6) is 0.982. The molecule has 1 amide bonds. The summed E-state index contributed by atoms with van der Waals surface area (Å²) in [6, 6.07) is 7.23. The standard InChI is InChI=1S/C18H24ClN5O2.ClH/c19-15-4-2-14(3-5-15)18-22-17(26-23-18)7-6-16(25)21-8-1-11-24-12-9-20-10-13-24;/h2-5,20H,1,6-13H2,(H,21,25);1H. The summed E-state index contributed by atoms with van der Waals surface area (Å²) in [5.41, 5.74) is 0.835. The molecule has 1 saturated heterocycles. The average Bonchev–Trinajstić information content (AvgIpc) is 3.14. The quantitative estimate of drug-likeness (QED) is 0.645. The van der Waals surface area contributed by atoms with Crippen LogP contribution in [0.4, 0.5) is 0 Å². The highest BCUT2D eigenvalue weighted by Gasteiger charge is 2.11. The van der Waals surface area contributed by atoms with E-state index in [-0.39, 0.29) is 18.3 Å². The first kappa shape index (κ1) is 21.6. The lowest BCUT2D eigenvalue weighted by atomic mass is 10.2. The summed E-state index contributed by atoms with van der Waals surface area (Å²) in [7, 11) is 0. The first-order chi connectivity index (χ1) is 12.7. The van der Waals surface area contributed by atoms with Gasteiger partial charge in [-0.1, -0.05) is 16.8 Å². The van der Waals surface area contributed by atoms with Crippen LogP contribution in [0.25, 0.3) is 11.4 Å². The van der Waals surface area contributed by atoms with E-state index in [1.165, 1.54) is 0 Å². The smallest absolute Gasteiger partial charge is 0.227 e. The van der Waals surface area contributed by atoms with E-state index < -0.39 is 0 Å². The third-order valence-electron chi connectivity index (χ3n) is 4.32. The molecule has 27 heavy (non-hydrogen) atoms. The van der Waals surface area contributed by atoms with Crippen LogP contribution in [0.2, 0.25) is 5.02 Å². The fraction of sp³-hybridized carbons (Fsp3) is 0.500. The summed E-state index contributed by atoms with van der Waals surface area (Å²) >= 11 is 5.87. The normalized spacial score (nSPS) is 14.6. The van der Waals surface area contributed by atoms with Gasteiger partial charge in [0.05, 0.1) is 0 Å². The van der Waals surface area contributed by atoms with Crippen molar-refractivity contribution in [1.29, 1.82) is 0 Å². The van der Waals surface area contributed by atoms with Crippen LogP contribution in [0, 0.1) is 0 Å². The van der Waals surface area contributed by atoms with E-state index in [9.17, 15) is 4.79 Å². The number of amides is 1. The van der Waals surface area contributed by atoms with Gasteiger partial charge < -0.3 is 20.1 Å². The van der Waals surface area contributed by atoms with Gasteiger partial charge in [0.15, 0.2) is 0 Å². The summed E-state index contributed by atoms with van der Waals surface area (Å²) < 4.78 is 5.22. The van der Waals surface area contributed by atoms with Crippen LogP contribution in [0.3, 0.4) is 0 Å². The molecule has 1 aliphatic rings. The zero-order valence-electron chi connectivity index (χ0n) is 15.1. The third kappa shape index (κ3) is 7.10. The summed E-state index contributed by atoms with van der Waals surface area (Å²) in [5, 5.41) is 10.9. The number of aromatic nitrogens is 2. The van der Waals surface area contributed by atoms with Crippen LogP contribution >= 0.6 is 24.0 Å². The number of nitrogens with one attached hydrogen (secondary N) is 2. The van der Waals surface area contributed by atoms with E-state index in [1.54, 1.807) is 12.1 Å². The number of nitrogens with zero attached hydrogens (tertiary/aromatic N) is 3. The number of carbonyl (C=O) groups excluding carboxylic acids is 1. The maximum Gasteiger partial charge on any atom is 0.227 e. The first-order valence-electron chi connectivity index (χ1n) is 8.99. The molecular formula is C18H25Cl2N5O2. The molecule has 0 saturated carbocycles. The van der Waals surface area contributed by atoms with Crippen LogP contribution in [-0.4, -0.2) is 60.2 Å². The van der Waals surface area contributed by atoms with E-state index in [4.69, 9.17) is 16.1 Å². The van der Waals surface area contributed by atoms with Gasteiger partial charge in [-0.3, -0.25) is 4.79 Å². The molecule has 7 nitrogen and oxygen atoms in total. The van der Waals surface area contributed by atoms with E-state index in [1.807, 2.05) is 12.1 Å². The number of piperazine rings is 1. The highest BCUT2D eigenvalue weighted by Crippen LogP contribution is 2.18. The van der Waals surface area contributed by atoms with E-state index in [0.29, 0.717) is 36.1 Å². The molecule has 0 unspecified atom stereocenters. The Balaban J connectivity index is 0.00000261. The van der Waals surface area contributed by atoms with Crippen LogP contribution in [0.15, 0.2) is 28.8 Å². The van der Waals surface area contributed by atoms with Crippen molar-refractivity contribution in [3.63, 3.8) is 0 Å². The number of hydrogen-bond acceptors (Lipinski definition) is 6. The van der Waals surface area contributed by atoms with Gasteiger partial charge in [-0.05, 0) is 37.2 Å². The molecule has 9 heteroatoms. The van der Waals surface area contributed by atoms with Crippen molar-refractivity contribution in [2.24, 2.45) is 0 Å². The van der Waals surface area contributed by atoms with Gasteiger partial charge in [0, 0.05) is 56.2 Å². The number of aryl methyl sites for hydroxylation is 1. The predicted molar refractivity (Wildman–Crippen MR) is 107 cm³/mol. The zero-order chi connectivity index (χ0) is 18.2. The summed E-state index contributed by atoms with van der Waals surface area (Å²) in [6.07, 6.45) is 1.74. The fourth-order valence-electron chi connectivity index (χ4n) is 2.85. The third-order valence-corrected chi connectivity index (χ3v) is 4.57. The Morgan fingerprint density at radius 2 is 2.00 bits per heavy atom. The Morgan fingerprint density at radius 3 is 2.74 bits per heavy atom. The van der Waals surface area contributed by atoms with Gasteiger partial charge in [-0.2, -0.15) is 4.98 Å². The number of hydrogen-bond donors (Lipinski definition) is 2.